The number of hydrogen-bond acceptors (Lipinski definition) is 15. The van der Waals surface area contributed by atoms with E-state index >= 15 is 0 Å². The maximum atomic E-state index is 13.1. The van der Waals surface area contributed by atoms with Crippen molar-refractivity contribution in [3.63, 3.8) is 0 Å². The summed E-state index contributed by atoms with van der Waals surface area (Å²) in [7, 11) is -9.91. The third-order valence-electron chi connectivity index (χ3n) is 17.8. The fraction of sp³-hybridized carbons (Fsp3) is 0.947. The van der Waals surface area contributed by atoms with Crippen LogP contribution in [-0.2, 0) is 65.4 Å². The van der Waals surface area contributed by atoms with Crippen LogP contribution in [-0.4, -0.2) is 96.7 Å². The predicted octanol–water partition coefficient (Wildman–Crippen LogP) is 21.9. The lowest BCUT2D eigenvalue weighted by Gasteiger charge is -2.21. The minimum absolute atomic E-state index is 0.107. The van der Waals surface area contributed by atoms with Crippen LogP contribution in [0, 0.1) is 11.8 Å². The van der Waals surface area contributed by atoms with E-state index in [4.69, 9.17) is 37.0 Å². The lowest BCUT2D eigenvalue weighted by molar-refractivity contribution is -0.161. The Morgan fingerprint density at radius 3 is 0.809 bits per heavy atom. The van der Waals surface area contributed by atoms with Gasteiger partial charge in [0.15, 0.2) is 12.2 Å². The van der Waals surface area contributed by atoms with Gasteiger partial charge in [0, 0.05) is 25.7 Å². The highest BCUT2D eigenvalue weighted by atomic mass is 31.2. The second-order valence-corrected chi connectivity index (χ2v) is 30.7. The second-order valence-electron chi connectivity index (χ2n) is 27.8. The number of phosphoric ester groups is 2. The molecule has 19 heteroatoms. The number of aliphatic hydroxyl groups is 1. The van der Waals surface area contributed by atoms with Crippen LogP contribution in [0.1, 0.15) is 388 Å². The smallest absolute Gasteiger partial charge is 0.462 e. The number of aliphatic hydroxyl groups excluding tert-OH is 1. The fourth-order valence-electron chi connectivity index (χ4n) is 11.4. The van der Waals surface area contributed by atoms with Crippen molar-refractivity contribution >= 4 is 39.5 Å². The van der Waals surface area contributed by atoms with Crippen molar-refractivity contribution in [3.8, 4) is 0 Å². The number of ether oxygens (including phenoxy) is 4. The third kappa shape index (κ3) is 67.3. The van der Waals surface area contributed by atoms with Crippen LogP contribution in [0.4, 0.5) is 0 Å². The van der Waals surface area contributed by atoms with E-state index in [0.717, 1.165) is 102 Å². The highest BCUT2D eigenvalue weighted by Gasteiger charge is 2.30. The Kier molecular flexibility index (Phi) is 65.5. The molecule has 94 heavy (non-hydrogen) atoms. The molecule has 0 heterocycles. The first-order valence-corrected chi connectivity index (χ1v) is 42.0. The van der Waals surface area contributed by atoms with Gasteiger partial charge >= 0.3 is 39.5 Å². The molecule has 0 saturated carbocycles. The number of esters is 4. The molecule has 0 aromatic heterocycles. The van der Waals surface area contributed by atoms with Crippen molar-refractivity contribution < 1.29 is 80.2 Å². The molecule has 0 rings (SSSR count). The zero-order valence-electron chi connectivity index (χ0n) is 61.3. The van der Waals surface area contributed by atoms with Crippen molar-refractivity contribution in [2.45, 2.75) is 407 Å². The third-order valence-corrected chi connectivity index (χ3v) is 19.7. The maximum absolute atomic E-state index is 13.1. The van der Waals surface area contributed by atoms with E-state index in [0.29, 0.717) is 25.7 Å². The molecule has 0 spiro atoms. The van der Waals surface area contributed by atoms with Gasteiger partial charge in [0.2, 0.25) is 0 Å². The van der Waals surface area contributed by atoms with Gasteiger partial charge in [0.05, 0.1) is 26.4 Å². The molecule has 0 amide bonds. The normalized spacial score (nSPS) is 14.3. The molecule has 17 nitrogen and oxygen atoms in total. The van der Waals surface area contributed by atoms with Gasteiger partial charge in [0.25, 0.3) is 0 Å². The van der Waals surface area contributed by atoms with Crippen molar-refractivity contribution in [1.29, 1.82) is 0 Å². The summed E-state index contributed by atoms with van der Waals surface area (Å²) in [6.07, 6.45) is 53.9. The minimum Gasteiger partial charge on any atom is -0.462 e. The van der Waals surface area contributed by atoms with Gasteiger partial charge in [-0.2, -0.15) is 0 Å². The molecular formula is C75H146O17P2. The first kappa shape index (κ1) is 92.1. The summed E-state index contributed by atoms with van der Waals surface area (Å²) in [4.78, 5) is 72.7. The van der Waals surface area contributed by atoms with Gasteiger partial charge in [-0.05, 0) is 37.5 Å². The van der Waals surface area contributed by atoms with E-state index in [1.165, 1.54) is 205 Å². The Labute approximate surface area is 575 Å². The Bertz CT molecular complexity index is 1820. The molecule has 3 N–H and O–H groups in total. The Morgan fingerprint density at radius 2 is 0.543 bits per heavy atom. The van der Waals surface area contributed by atoms with E-state index in [1.807, 2.05) is 0 Å². The molecule has 0 fully saturated rings. The van der Waals surface area contributed by atoms with E-state index in [2.05, 4.69) is 41.5 Å². The molecule has 0 aliphatic rings. The topological polar surface area (TPSA) is 237 Å². The molecule has 6 atom stereocenters. The van der Waals surface area contributed by atoms with Crippen LogP contribution in [0.5, 0.6) is 0 Å². The fourth-order valence-corrected chi connectivity index (χ4v) is 13.0. The number of carbonyl (C=O) groups excluding carboxylic acids is 4. The molecule has 0 bridgehead atoms. The van der Waals surface area contributed by atoms with Gasteiger partial charge in [-0.3, -0.25) is 37.3 Å². The number of hydrogen-bond donors (Lipinski definition) is 3. The van der Waals surface area contributed by atoms with Gasteiger partial charge in [-0.25, -0.2) is 9.13 Å². The molecule has 0 aliphatic heterocycles. The second kappa shape index (κ2) is 66.9. The Morgan fingerprint density at radius 1 is 0.309 bits per heavy atom. The maximum Gasteiger partial charge on any atom is 0.472 e. The number of phosphoric acid groups is 2. The highest BCUT2D eigenvalue weighted by molar-refractivity contribution is 7.47. The molecule has 3 unspecified atom stereocenters. The summed E-state index contributed by atoms with van der Waals surface area (Å²) in [6.45, 7) is 9.65. The largest absolute Gasteiger partial charge is 0.472 e. The summed E-state index contributed by atoms with van der Waals surface area (Å²) in [5.74, 6) is -0.480. The van der Waals surface area contributed by atoms with Crippen molar-refractivity contribution in [2.75, 3.05) is 39.6 Å². The van der Waals surface area contributed by atoms with Gasteiger partial charge in [-0.15, -0.1) is 0 Å². The predicted molar refractivity (Wildman–Crippen MR) is 381 cm³/mol. The monoisotopic (exact) mass is 1380 g/mol. The van der Waals surface area contributed by atoms with E-state index in [9.17, 15) is 43.2 Å². The molecule has 558 valence electrons. The van der Waals surface area contributed by atoms with Crippen molar-refractivity contribution in [3.05, 3.63) is 0 Å². The zero-order chi connectivity index (χ0) is 69.3. The first-order valence-electron chi connectivity index (χ1n) is 39.0. The van der Waals surface area contributed by atoms with E-state index in [-0.39, 0.29) is 25.7 Å². The molecule has 0 aliphatic carbocycles. The number of unbranched alkanes of at least 4 members (excludes halogenated alkanes) is 43. The molecule has 0 aromatic rings. The lowest BCUT2D eigenvalue weighted by atomic mass is 9.99. The minimum atomic E-state index is -4.96. The molecule has 0 aromatic carbocycles. The average molecular weight is 1380 g/mol. The van der Waals surface area contributed by atoms with Crippen LogP contribution in [0.25, 0.3) is 0 Å². The summed E-state index contributed by atoms with van der Waals surface area (Å²) >= 11 is 0. The number of carbonyl (C=O) groups is 4. The summed E-state index contributed by atoms with van der Waals surface area (Å²) in [5, 5.41) is 10.6. The van der Waals surface area contributed by atoms with E-state index in [1.54, 1.807) is 0 Å². The summed E-state index contributed by atoms with van der Waals surface area (Å²) < 4.78 is 68.4. The molecule has 0 radical (unpaired) electrons. The number of rotatable bonds is 74. The van der Waals surface area contributed by atoms with Gasteiger partial charge < -0.3 is 33.8 Å². The Hall–Kier alpha value is -1.94. The van der Waals surface area contributed by atoms with Crippen LogP contribution in [0.3, 0.4) is 0 Å². The SMILES string of the molecule is CCCCCCCCCCCCC(=O)OC[C@H](COP(=O)(O)OC[C@H](O)COP(=O)(O)OC[C@@H](COC(=O)CCCCCCCCCCCCCCCC(C)C)OC(=O)CCCCCCCCCCCCCCCCC(C)CC)OC(=O)CCCCCCCCCCCC. The molecule has 0 saturated heterocycles. The van der Waals surface area contributed by atoms with Gasteiger partial charge in [0.1, 0.15) is 19.3 Å². The van der Waals surface area contributed by atoms with E-state index < -0.39 is 97.5 Å². The van der Waals surface area contributed by atoms with Gasteiger partial charge in [-0.1, -0.05) is 337 Å². The summed E-state index contributed by atoms with van der Waals surface area (Å²) in [6, 6.07) is 0. The van der Waals surface area contributed by atoms with Crippen molar-refractivity contribution in [2.24, 2.45) is 11.8 Å². The van der Waals surface area contributed by atoms with Crippen LogP contribution < -0.4 is 0 Å². The quantitative estimate of drug-likeness (QED) is 0.0222. The average Bonchev–Trinajstić information content (AvgIpc) is 2.48. The highest BCUT2D eigenvalue weighted by Crippen LogP contribution is 2.45. The first-order chi connectivity index (χ1) is 45.4. The zero-order valence-corrected chi connectivity index (χ0v) is 63.1. The van der Waals surface area contributed by atoms with Crippen molar-refractivity contribution in [1.82, 2.24) is 0 Å². The lowest BCUT2D eigenvalue weighted by Crippen LogP contribution is -2.30. The molecular weight excluding hydrogens is 1230 g/mol. The van der Waals surface area contributed by atoms with Crippen LogP contribution in [0.15, 0.2) is 0 Å². The standard InChI is InChI=1S/C75H146O17P2/c1-7-10-12-14-16-18-33-39-45-51-57-72(77)85-63-70(91-74(79)59-53-47-41-34-19-17-15-13-11-8-2)65-89-93(81,82)87-61-69(76)62-88-94(83,84)90-66-71(64-86-73(78)58-52-46-40-35-29-26-22-23-27-31-37-43-49-55-67(4)5)92-75(80)60-54-48-42-36-30-25-21-20-24-28-32-38-44-50-56-68(6)9-3/h67-71,76H,7-66H2,1-6H3,(H,81,82)(H,83,84)/t68?,69-,70+,71+/m0/s1. The van der Waals surface area contributed by atoms with Crippen LogP contribution >= 0.6 is 15.6 Å². The summed E-state index contributed by atoms with van der Waals surface area (Å²) in [5.41, 5.74) is 0. The Balaban J connectivity index is 5.22. The van der Waals surface area contributed by atoms with Crippen LogP contribution in [0.2, 0.25) is 0 Å².